The summed E-state index contributed by atoms with van der Waals surface area (Å²) in [5.74, 6) is 0.893. The van der Waals surface area contributed by atoms with Crippen LogP contribution in [0.1, 0.15) is 29.8 Å². The molecular formula is C23H22BrN5O. The van der Waals surface area contributed by atoms with Crippen LogP contribution in [0.25, 0.3) is 0 Å². The molecule has 0 N–H and O–H groups in total. The number of rotatable bonds is 8. The zero-order valence-corrected chi connectivity index (χ0v) is 18.2. The van der Waals surface area contributed by atoms with E-state index in [1.54, 1.807) is 0 Å². The van der Waals surface area contributed by atoms with Crippen LogP contribution in [0.3, 0.4) is 0 Å². The molecule has 0 saturated heterocycles. The highest BCUT2D eigenvalue weighted by molar-refractivity contribution is 9.10. The molecule has 0 atom stereocenters. The molecule has 0 aliphatic carbocycles. The van der Waals surface area contributed by atoms with Gasteiger partial charge < -0.3 is 9.64 Å². The first-order valence-corrected chi connectivity index (χ1v) is 10.6. The predicted octanol–water partition coefficient (Wildman–Crippen LogP) is 6.89. The fourth-order valence-corrected chi connectivity index (χ4v) is 3.71. The number of hydrogen-bond donors (Lipinski definition) is 0. The van der Waals surface area contributed by atoms with Crippen LogP contribution in [0.4, 0.5) is 5.69 Å². The van der Waals surface area contributed by atoms with E-state index in [9.17, 15) is 0 Å². The minimum Gasteiger partial charge on any atom is -0.489 e. The summed E-state index contributed by atoms with van der Waals surface area (Å²) in [6, 6.07) is 24.6. The Balaban J connectivity index is 1.50. The Morgan fingerprint density at radius 2 is 1.67 bits per heavy atom. The van der Waals surface area contributed by atoms with Gasteiger partial charge in [0, 0.05) is 34.4 Å². The summed E-state index contributed by atoms with van der Waals surface area (Å²) in [4.78, 5) is 2.30. The lowest BCUT2D eigenvalue weighted by Gasteiger charge is -2.25. The van der Waals surface area contributed by atoms with Gasteiger partial charge in [0.2, 0.25) is 6.17 Å². The van der Waals surface area contributed by atoms with Crippen LogP contribution in [-0.4, -0.2) is 6.54 Å². The average Bonchev–Trinajstić information content (AvgIpc) is 3.33. The van der Waals surface area contributed by atoms with Gasteiger partial charge in [0.15, 0.2) is 0 Å². The van der Waals surface area contributed by atoms with Crippen molar-refractivity contribution < 1.29 is 4.74 Å². The van der Waals surface area contributed by atoms with Gasteiger partial charge in [-0.05, 0) is 53.3 Å². The number of anilines is 1. The second-order valence-corrected chi connectivity index (χ2v) is 7.83. The lowest BCUT2D eigenvalue weighted by atomic mass is 10.1. The quantitative estimate of drug-likeness (QED) is 0.365. The van der Waals surface area contributed by atoms with E-state index < -0.39 is 0 Å². The maximum Gasteiger partial charge on any atom is 0.210 e. The fraction of sp³-hybridized carbons (Fsp3) is 0.217. The molecule has 0 unspecified atom stereocenters. The zero-order chi connectivity index (χ0) is 20.8. The fourth-order valence-electron chi connectivity index (χ4n) is 3.30. The maximum absolute atomic E-state index is 6.15. The molecule has 1 heterocycles. The van der Waals surface area contributed by atoms with Crippen LogP contribution >= 0.6 is 15.9 Å². The van der Waals surface area contributed by atoms with Crippen molar-refractivity contribution in [2.75, 3.05) is 11.4 Å². The summed E-state index contributed by atoms with van der Waals surface area (Å²) in [5.41, 5.74) is 4.39. The third-order valence-corrected chi connectivity index (χ3v) is 5.41. The van der Waals surface area contributed by atoms with Crippen LogP contribution in [0.2, 0.25) is 0 Å². The van der Waals surface area contributed by atoms with Crippen molar-refractivity contribution >= 4 is 21.6 Å². The van der Waals surface area contributed by atoms with E-state index in [-0.39, 0.29) is 6.17 Å². The Labute approximate surface area is 184 Å². The molecule has 0 aromatic heterocycles. The van der Waals surface area contributed by atoms with Gasteiger partial charge in [-0.1, -0.05) is 58.4 Å². The van der Waals surface area contributed by atoms with Gasteiger partial charge in [-0.3, -0.25) is 0 Å². The first kappa shape index (κ1) is 20.2. The molecule has 6 nitrogen and oxygen atoms in total. The van der Waals surface area contributed by atoms with Crippen LogP contribution in [0, 0.1) is 0 Å². The van der Waals surface area contributed by atoms with Crippen molar-refractivity contribution in [3.63, 3.8) is 0 Å². The van der Waals surface area contributed by atoms with Crippen LogP contribution < -0.4 is 9.64 Å². The minimum atomic E-state index is -0.322. The molecule has 3 aromatic rings. The van der Waals surface area contributed by atoms with Gasteiger partial charge >= 0.3 is 0 Å². The molecule has 3 aromatic carbocycles. The van der Waals surface area contributed by atoms with Crippen LogP contribution in [-0.2, 0) is 13.2 Å². The molecule has 0 fully saturated rings. The second kappa shape index (κ2) is 9.63. The van der Waals surface area contributed by atoms with Crippen molar-refractivity contribution in [2.24, 2.45) is 20.7 Å². The smallest absolute Gasteiger partial charge is 0.210 e. The Hall–Kier alpha value is -3.06. The van der Waals surface area contributed by atoms with E-state index in [1.165, 1.54) is 0 Å². The largest absolute Gasteiger partial charge is 0.489 e. The third kappa shape index (κ3) is 4.91. The Morgan fingerprint density at radius 1 is 0.933 bits per heavy atom. The highest BCUT2D eigenvalue weighted by atomic mass is 79.9. The van der Waals surface area contributed by atoms with E-state index in [4.69, 9.17) is 4.74 Å². The van der Waals surface area contributed by atoms with Gasteiger partial charge in [-0.15, -0.1) is 10.2 Å². The molecule has 7 heteroatoms. The molecule has 152 valence electrons. The predicted molar refractivity (Wildman–Crippen MR) is 121 cm³/mol. The molecular weight excluding hydrogens is 442 g/mol. The standard InChI is InChI=1S/C23H22BrN5O/c1-2-29(21-11-8-18(9-12-21)23-25-27-28-26-23)15-19-14-20(24)10-13-22(19)30-16-17-6-4-3-5-7-17/h3-14,23H,2,15-16H2,1H3. The normalized spacial score (nSPS) is 13.0. The Kier molecular flexibility index (Phi) is 6.49. The van der Waals surface area contributed by atoms with Crippen molar-refractivity contribution in [1.82, 2.24) is 0 Å². The molecule has 4 rings (SSSR count). The van der Waals surface area contributed by atoms with Crippen molar-refractivity contribution in [3.05, 3.63) is 94.0 Å². The lowest BCUT2D eigenvalue weighted by molar-refractivity contribution is 0.302. The van der Waals surface area contributed by atoms with Crippen molar-refractivity contribution in [2.45, 2.75) is 26.2 Å². The zero-order valence-electron chi connectivity index (χ0n) is 16.6. The summed E-state index contributed by atoms with van der Waals surface area (Å²) >= 11 is 3.59. The summed E-state index contributed by atoms with van der Waals surface area (Å²) in [7, 11) is 0. The number of benzene rings is 3. The number of nitrogens with zero attached hydrogens (tertiary/aromatic N) is 5. The van der Waals surface area contributed by atoms with Crippen molar-refractivity contribution in [3.8, 4) is 5.75 Å². The molecule has 0 radical (unpaired) electrons. The molecule has 0 bridgehead atoms. The monoisotopic (exact) mass is 463 g/mol. The highest BCUT2D eigenvalue weighted by Gasteiger charge is 2.15. The molecule has 30 heavy (non-hydrogen) atoms. The summed E-state index contributed by atoms with van der Waals surface area (Å²) in [5, 5.41) is 15.1. The first-order valence-electron chi connectivity index (χ1n) is 9.83. The molecule has 0 saturated carbocycles. The molecule has 0 spiro atoms. The maximum atomic E-state index is 6.15. The average molecular weight is 464 g/mol. The third-order valence-electron chi connectivity index (χ3n) is 4.92. The van der Waals surface area contributed by atoms with E-state index >= 15 is 0 Å². The van der Waals surface area contributed by atoms with Gasteiger partial charge in [-0.2, -0.15) is 0 Å². The van der Waals surface area contributed by atoms with Crippen LogP contribution in [0.15, 0.2) is 97.9 Å². The first-order chi connectivity index (χ1) is 14.7. The van der Waals surface area contributed by atoms with Gasteiger partial charge in [0.1, 0.15) is 12.4 Å². The van der Waals surface area contributed by atoms with Gasteiger partial charge in [0.25, 0.3) is 0 Å². The number of ether oxygens (including phenoxy) is 1. The van der Waals surface area contributed by atoms with E-state index in [0.717, 1.165) is 45.7 Å². The number of halogens is 1. The Bertz CT molecular complexity index is 1030. The summed E-state index contributed by atoms with van der Waals surface area (Å²) in [6.07, 6.45) is -0.322. The second-order valence-electron chi connectivity index (χ2n) is 6.92. The number of hydrogen-bond acceptors (Lipinski definition) is 6. The summed E-state index contributed by atoms with van der Waals surface area (Å²) in [6.45, 7) is 4.30. The molecule has 0 amide bonds. The van der Waals surface area contributed by atoms with Crippen LogP contribution in [0.5, 0.6) is 5.75 Å². The van der Waals surface area contributed by atoms with Gasteiger partial charge in [0.05, 0.1) is 0 Å². The van der Waals surface area contributed by atoms with Gasteiger partial charge in [-0.25, -0.2) is 0 Å². The van der Waals surface area contributed by atoms with E-state index in [2.05, 4.69) is 78.8 Å². The minimum absolute atomic E-state index is 0.322. The topological polar surface area (TPSA) is 61.9 Å². The Morgan fingerprint density at radius 3 is 2.37 bits per heavy atom. The lowest BCUT2D eigenvalue weighted by Crippen LogP contribution is -2.22. The molecule has 1 aliphatic heterocycles. The highest BCUT2D eigenvalue weighted by Crippen LogP contribution is 2.29. The van der Waals surface area contributed by atoms with E-state index in [0.29, 0.717) is 6.61 Å². The van der Waals surface area contributed by atoms with E-state index in [1.807, 2.05) is 42.5 Å². The summed E-state index contributed by atoms with van der Waals surface area (Å²) < 4.78 is 7.19. The SMILES string of the molecule is CCN(Cc1cc(Br)ccc1OCc1ccccc1)c1ccc(C2N=NN=N2)cc1. The molecule has 1 aliphatic rings. The van der Waals surface area contributed by atoms with Crippen molar-refractivity contribution in [1.29, 1.82) is 0 Å².